The van der Waals surface area contributed by atoms with Gasteiger partial charge in [0.1, 0.15) is 0 Å². The summed E-state index contributed by atoms with van der Waals surface area (Å²) in [6.45, 7) is 2.89. The maximum atomic E-state index is 5.65. The molecule has 1 rings (SSSR count). The van der Waals surface area contributed by atoms with Crippen LogP contribution in [0.15, 0.2) is 28.7 Å². The fourth-order valence-corrected chi connectivity index (χ4v) is 1.72. The fourth-order valence-electron chi connectivity index (χ4n) is 1.30. The summed E-state index contributed by atoms with van der Waals surface area (Å²) in [5, 5.41) is 0. The molecule has 1 atom stereocenters. The molecule has 2 N–H and O–H groups in total. The predicted molar refractivity (Wildman–Crippen MR) is 56.2 cm³/mol. The Morgan fingerprint density at radius 2 is 2.25 bits per heavy atom. The van der Waals surface area contributed by atoms with Gasteiger partial charge >= 0.3 is 0 Å². The second-order valence-electron chi connectivity index (χ2n) is 2.90. The van der Waals surface area contributed by atoms with E-state index in [0.717, 1.165) is 17.4 Å². The molecular weight excluding hydrogens is 214 g/mol. The van der Waals surface area contributed by atoms with Crippen molar-refractivity contribution in [2.45, 2.75) is 19.3 Å². The molecule has 1 aromatic rings. The van der Waals surface area contributed by atoms with Crippen molar-refractivity contribution < 1.29 is 0 Å². The largest absolute Gasteiger partial charge is 0.330 e. The lowest BCUT2D eigenvalue weighted by Gasteiger charge is -2.12. The van der Waals surface area contributed by atoms with Crippen LogP contribution >= 0.6 is 15.9 Å². The van der Waals surface area contributed by atoms with Crippen molar-refractivity contribution in [3.8, 4) is 0 Å². The molecule has 0 radical (unpaired) electrons. The molecule has 1 aromatic carbocycles. The molecule has 1 unspecified atom stereocenters. The zero-order chi connectivity index (χ0) is 8.97. The molecule has 0 aliphatic heterocycles. The van der Waals surface area contributed by atoms with E-state index in [1.54, 1.807) is 0 Å². The monoisotopic (exact) mass is 227 g/mol. The molecule has 0 amide bonds. The SMILES string of the molecule is CCC(CN)c1cccc(Br)c1. The average molecular weight is 228 g/mol. The van der Waals surface area contributed by atoms with E-state index >= 15 is 0 Å². The van der Waals surface area contributed by atoms with Gasteiger partial charge in [-0.3, -0.25) is 0 Å². The number of halogens is 1. The van der Waals surface area contributed by atoms with Crippen molar-refractivity contribution >= 4 is 15.9 Å². The maximum absolute atomic E-state index is 5.65. The lowest BCUT2D eigenvalue weighted by Crippen LogP contribution is -2.11. The minimum absolute atomic E-state index is 0.502. The molecule has 66 valence electrons. The van der Waals surface area contributed by atoms with Crippen LogP contribution in [0, 0.1) is 0 Å². The number of hydrogen-bond donors (Lipinski definition) is 1. The molecule has 0 aliphatic rings. The van der Waals surface area contributed by atoms with E-state index in [9.17, 15) is 0 Å². The van der Waals surface area contributed by atoms with Crippen LogP contribution in [0.1, 0.15) is 24.8 Å². The van der Waals surface area contributed by atoms with Crippen LogP contribution in [0.5, 0.6) is 0 Å². The fraction of sp³-hybridized carbons (Fsp3) is 0.400. The molecule has 0 heterocycles. The van der Waals surface area contributed by atoms with E-state index in [1.165, 1.54) is 5.56 Å². The lowest BCUT2D eigenvalue weighted by molar-refractivity contribution is 0.674. The molecule has 12 heavy (non-hydrogen) atoms. The highest BCUT2D eigenvalue weighted by Crippen LogP contribution is 2.21. The van der Waals surface area contributed by atoms with Gasteiger partial charge in [-0.05, 0) is 36.6 Å². The predicted octanol–water partition coefficient (Wildman–Crippen LogP) is 2.90. The summed E-state index contributed by atoms with van der Waals surface area (Å²) in [5.41, 5.74) is 6.98. The van der Waals surface area contributed by atoms with Crippen LogP contribution in [0.4, 0.5) is 0 Å². The third-order valence-corrected chi connectivity index (χ3v) is 2.59. The number of benzene rings is 1. The summed E-state index contributed by atoms with van der Waals surface area (Å²) in [5.74, 6) is 0.502. The summed E-state index contributed by atoms with van der Waals surface area (Å²) >= 11 is 3.45. The lowest BCUT2D eigenvalue weighted by atomic mass is 9.97. The Balaban J connectivity index is 2.85. The minimum atomic E-state index is 0.502. The molecule has 0 aliphatic carbocycles. The highest BCUT2D eigenvalue weighted by Gasteiger charge is 2.06. The highest BCUT2D eigenvalue weighted by molar-refractivity contribution is 9.10. The Morgan fingerprint density at radius 1 is 1.50 bits per heavy atom. The number of nitrogens with two attached hydrogens (primary N) is 1. The third-order valence-electron chi connectivity index (χ3n) is 2.10. The zero-order valence-electron chi connectivity index (χ0n) is 7.26. The van der Waals surface area contributed by atoms with E-state index < -0.39 is 0 Å². The standard InChI is InChI=1S/C10H14BrN/c1-2-8(7-12)9-4-3-5-10(11)6-9/h3-6,8H,2,7,12H2,1H3. The van der Waals surface area contributed by atoms with Gasteiger partial charge in [0, 0.05) is 4.47 Å². The first kappa shape index (κ1) is 9.75. The second-order valence-corrected chi connectivity index (χ2v) is 3.81. The van der Waals surface area contributed by atoms with Crippen LogP contribution in [0.25, 0.3) is 0 Å². The van der Waals surface area contributed by atoms with E-state index in [0.29, 0.717) is 5.92 Å². The molecule has 0 spiro atoms. The Labute approximate surface area is 82.1 Å². The molecule has 1 nitrogen and oxygen atoms in total. The Hall–Kier alpha value is -0.340. The Kier molecular flexibility index (Phi) is 3.76. The van der Waals surface area contributed by atoms with Crippen LogP contribution in [-0.4, -0.2) is 6.54 Å². The molecule has 2 heteroatoms. The van der Waals surface area contributed by atoms with Gasteiger partial charge in [0.25, 0.3) is 0 Å². The van der Waals surface area contributed by atoms with E-state index in [2.05, 4.69) is 41.1 Å². The summed E-state index contributed by atoms with van der Waals surface area (Å²) < 4.78 is 1.13. The van der Waals surface area contributed by atoms with E-state index in [-0.39, 0.29) is 0 Å². The third kappa shape index (κ3) is 2.32. The zero-order valence-corrected chi connectivity index (χ0v) is 8.84. The van der Waals surface area contributed by atoms with Crippen LogP contribution in [0.3, 0.4) is 0 Å². The second kappa shape index (κ2) is 4.63. The number of hydrogen-bond acceptors (Lipinski definition) is 1. The molecular formula is C10H14BrN. The van der Waals surface area contributed by atoms with Crippen LogP contribution in [0.2, 0.25) is 0 Å². The maximum Gasteiger partial charge on any atom is 0.0178 e. The van der Waals surface area contributed by atoms with Crippen molar-refractivity contribution in [3.63, 3.8) is 0 Å². The van der Waals surface area contributed by atoms with E-state index in [1.807, 2.05) is 6.07 Å². The summed E-state index contributed by atoms with van der Waals surface area (Å²) in [6.07, 6.45) is 1.10. The topological polar surface area (TPSA) is 26.0 Å². The normalized spacial score (nSPS) is 12.9. The average Bonchev–Trinajstić information content (AvgIpc) is 2.07. The Morgan fingerprint density at radius 3 is 2.75 bits per heavy atom. The number of rotatable bonds is 3. The summed E-state index contributed by atoms with van der Waals surface area (Å²) in [4.78, 5) is 0. The van der Waals surface area contributed by atoms with Crippen molar-refractivity contribution in [3.05, 3.63) is 34.3 Å². The van der Waals surface area contributed by atoms with Crippen LogP contribution in [-0.2, 0) is 0 Å². The van der Waals surface area contributed by atoms with Crippen molar-refractivity contribution in [2.75, 3.05) is 6.54 Å². The minimum Gasteiger partial charge on any atom is -0.330 e. The van der Waals surface area contributed by atoms with Crippen molar-refractivity contribution in [1.29, 1.82) is 0 Å². The molecule has 0 fully saturated rings. The van der Waals surface area contributed by atoms with Crippen molar-refractivity contribution in [1.82, 2.24) is 0 Å². The molecule has 0 saturated heterocycles. The highest BCUT2D eigenvalue weighted by atomic mass is 79.9. The smallest absolute Gasteiger partial charge is 0.0178 e. The van der Waals surface area contributed by atoms with Gasteiger partial charge in [-0.25, -0.2) is 0 Å². The van der Waals surface area contributed by atoms with Crippen LogP contribution < -0.4 is 5.73 Å². The Bertz CT molecular complexity index is 243. The molecule has 0 bridgehead atoms. The first-order chi connectivity index (χ1) is 5.77. The van der Waals surface area contributed by atoms with Gasteiger partial charge in [-0.15, -0.1) is 0 Å². The molecule has 0 saturated carbocycles. The first-order valence-corrected chi connectivity index (χ1v) is 5.02. The summed E-state index contributed by atoms with van der Waals surface area (Å²) in [7, 11) is 0. The quantitative estimate of drug-likeness (QED) is 0.845. The van der Waals surface area contributed by atoms with Gasteiger partial charge in [0.05, 0.1) is 0 Å². The van der Waals surface area contributed by atoms with Gasteiger partial charge < -0.3 is 5.73 Å². The van der Waals surface area contributed by atoms with Crippen molar-refractivity contribution in [2.24, 2.45) is 5.73 Å². The van der Waals surface area contributed by atoms with E-state index in [4.69, 9.17) is 5.73 Å². The summed E-state index contributed by atoms with van der Waals surface area (Å²) in [6, 6.07) is 8.36. The van der Waals surface area contributed by atoms with Gasteiger partial charge in [0.15, 0.2) is 0 Å². The van der Waals surface area contributed by atoms with Gasteiger partial charge in [-0.2, -0.15) is 0 Å². The van der Waals surface area contributed by atoms with Gasteiger partial charge in [0.2, 0.25) is 0 Å². The first-order valence-electron chi connectivity index (χ1n) is 4.23. The van der Waals surface area contributed by atoms with Gasteiger partial charge in [-0.1, -0.05) is 35.0 Å². The molecule has 0 aromatic heterocycles.